The molecule has 1 aromatic carbocycles. The van der Waals surface area contributed by atoms with Crippen LogP contribution in [0.25, 0.3) is 5.57 Å². The Kier molecular flexibility index (Phi) is 5.29. The first-order valence-electron chi connectivity index (χ1n) is 10.1. The summed E-state index contributed by atoms with van der Waals surface area (Å²) in [7, 11) is 1.36. The highest BCUT2D eigenvalue weighted by molar-refractivity contribution is 6.01. The second-order valence-corrected chi connectivity index (χ2v) is 7.94. The summed E-state index contributed by atoms with van der Waals surface area (Å²) in [6, 6.07) is 9.04. The van der Waals surface area contributed by atoms with Crippen LogP contribution < -0.4 is 0 Å². The minimum absolute atomic E-state index is 0.0218. The second kappa shape index (κ2) is 7.88. The monoisotopic (exact) mass is 395 g/mol. The van der Waals surface area contributed by atoms with E-state index >= 15 is 0 Å². The van der Waals surface area contributed by atoms with Gasteiger partial charge in [0.15, 0.2) is 0 Å². The number of hydrogen-bond acceptors (Lipinski definition) is 5. The maximum Gasteiger partial charge on any atom is 0.336 e. The molecule has 2 fully saturated rings. The number of fused-ring (bicyclic) bond motifs is 2. The lowest BCUT2D eigenvalue weighted by Crippen LogP contribution is -2.54. The van der Waals surface area contributed by atoms with Gasteiger partial charge in [-0.1, -0.05) is 12.1 Å². The molecule has 2 amide bonds. The average Bonchev–Trinajstić information content (AvgIpc) is 3.06. The number of carbonyl (C=O) groups excluding carboxylic acids is 2. The molecule has 0 aromatic heterocycles. The van der Waals surface area contributed by atoms with Crippen molar-refractivity contribution in [3.63, 3.8) is 0 Å². The number of methoxy groups -OCH3 is 1. The summed E-state index contributed by atoms with van der Waals surface area (Å²) in [4.78, 5) is 29.7. The Morgan fingerprint density at radius 1 is 1.21 bits per heavy atom. The third-order valence-corrected chi connectivity index (χ3v) is 6.30. The number of nitrogens with zero attached hydrogens (tertiary/aromatic N) is 3. The Morgan fingerprint density at radius 3 is 2.66 bits per heavy atom. The first-order chi connectivity index (χ1) is 14.0. The van der Waals surface area contributed by atoms with Crippen molar-refractivity contribution in [3.8, 4) is 6.07 Å². The van der Waals surface area contributed by atoms with Crippen LogP contribution >= 0.6 is 0 Å². The summed E-state index contributed by atoms with van der Waals surface area (Å²) in [6.45, 7) is 1.06. The third-order valence-electron chi connectivity index (χ3n) is 6.30. The molecule has 1 N–H and O–H groups in total. The van der Waals surface area contributed by atoms with Crippen molar-refractivity contribution in [2.45, 2.75) is 50.3 Å². The maximum absolute atomic E-state index is 13.3. The largest absolute Gasteiger partial charge is 0.466 e. The fraction of sp³-hybridized carbons (Fsp3) is 0.500. The van der Waals surface area contributed by atoms with Crippen LogP contribution in [-0.4, -0.2) is 65.3 Å². The SMILES string of the molecule is COC(=O)C1=C(c2cccc(C#N)c2)C[C@@H]2CC[C@H]1N2C(=O)N1CCC(O)CC1. The molecule has 7 heteroatoms. The quantitative estimate of drug-likeness (QED) is 0.776. The summed E-state index contributed by atoms with van der Waals surface area (Å²) < 4.78 is 5.09. The van der Waals surface area contributed by atoms with E-state index in [4.69, 9.17) is 4.74 Å². The van der Waals surface area contributed by atoms with Crippen LogP contribution in [-0.2, 0) is 9.53 Å². The first-order valence-corrected chi connectivity index (χ1v) is 10.1. The van der Waals surface area contributed by atoms with E-state index in [0.717, 1.165) is 24.0 Å². The van der Waals surface area contributed by atoms with Gasteiger partial charge < -0.3 is 19.6 Å². The summed E-state index contributed by atoms with van der Waals surface area (Å²) >= 11 is 0. The molecule has 0 spiro atoms. The minimum Gasteiger partial charge on any atom is -0.466 e. The van der Waals surface area contributed by atoms with Gasteiger partial charge in [0.25, 0.3) is 0 Å². The lowest BCUT2D eigenvalue weighted by Gasteiger charge is -2.41. The number of carbonyl (C=O) groups is 2. The van der Waals surface area contributed by atoms with Crippen molar-refractivity contribution in [1.29, 1.82) is 5.26 Å². The van der Waals surface area contributed by atoms with E-state index in [1.54, 1.807) is 17.0 Å². The number of likely N-dealkylation sites (tertiary alicyclic amines) is 1. The van der Waals surface area contributed by atoms with Gasteiger partial charge in [0.05, 0.1) is 36.5 Å². The summed E-state index contributed by atoms with van der Waals surface area (Å²) in [5, 5.41) is 19.0. The number of aliphatic hydroxyl groups excluding tert-OH is 1. The molecule has 2 atom stereocenters. The van der Waals surface area contributed by atoms with E-state index in [-0.39, 0.29) is 24.2 Å². The van der Waals surface area contributed by atoms with Crippen molar-refractivity contribution in [2.75, 3.05) is 20.2 Å². The molecule has 2 bridgehead atoms. The number of piperidine rings is 1. The molecule has 3 heterocycles. The molecule has 0 unspecified atom stereocenters. The van der Waals surface area contributed by atoms with Gasteiger partial charge in [0.2, 0.25) is 0 Å². The van der Waals surface area contributed by atoms with Crippen molar-refractivity contribution < 1.29 is 19.4 Å². The Balaban J connectivity index is 1.70. The molecule has 3 aliphatic rings. The average molecular weight is 395 g/mol. The summed E-state index contributed by atoms with van der Waals surface area (Å²) in [6.07, 6.45) is 2.94. The van der Waals surface area contributed by atoms with Crippen molar-refractivity contribution >= 4 is 17.6 Å². The van der Waals surface area contributed by atoms with E-state index < -0.39 is 5.97 Å². The van der Waals surface area contributed by atoms with Crippen molar-refractivity contribution in [1.82, 2.24) is 9.80 Å². The molecule has 2 saturated heterocycles. The molecule has 29 heavy (non-hydrogen) atoms. The zero-order valence-corrected chi connectivity index (χ0v) is 16.5. The van der Waals surface area contributed by atoms with Gasteiger partial charge in [0.1, 0.15) is 0 Å². The molecule has 0 saturated carbocycles. The van der Waals surface area contributed by atoms with Crippen LogP contribution in [0, 0.1) is 11.3 Å². The topological polar surface area (TPSA) is 93.9 Å². The van der Waals surface area contributed by atoms with Crippen LogP contribution in [0.1, 0.15) is 43.2 Å². The number of urea groups is 1. The maximum atomic E-state index is 13.3. The van der Waals surface area contributed by atoms with Crippen LogP contribution in [0.2, 0.25) is 0 Å². The summed E-state index contributed by atoms with van der Waals surface area (Å²) in [5.41, 5.74) is 2.78. The van der Waals surface area contributed by atoms with E-state index in [0.29, 0.717) is 43.5 Å². The predicted octanol–water partition coefficient (Wildman–Crippen LogP) is 2.30. The van der Waals surface area contributed by atoms with Gasteiger partial charge in [0, 0.05) is 19.1 Å². The lowest BCUT2D eigenvalue weighted by atomic mass is 9.88. The Morgan fingerprint density at radius 2 is 1.97 bits per heavy atom. The molecule has 0 radical (unpaired) electrons. The number of hydrogen-bond donors (Lipinski definition) is 1. The van der Waals surface area contributed by atoms with E-state index in [9.17, 15) is 20.0 Å². The number of ether oxygens (including phenoxy) is 1. The summed E-state index contributed by atoms with van der Waals surface area (Å²) in [5.74, 6) is -0.417. The number of aliphatic hydroxyl groups is 1. The Hall–Kier alpha value is -2.85. The molecule has 7 nitrogen and oxygen atoms in total. The Labute approximate surface area is 170 Å². The first kappa shape index (κ1) is 19.5. The molecule has 152 valence electrons. The zero-order valence-electron chi connectivity index (χ0n) is 16.5. The van der Waals surface area contributed by atoms with Gasteiger partial charge in [-0.2, -0.15) is 5.26 Å². The van der Waals surface area contributed by atoms with E-state index in [1.807, 2.05) is 17.0 Å². The fourth-order valence-electron chi connectivity index (χ4n) is 4.84. The van der Waals surface area contributed by atoms with Gasteiger partial charge in [-0.15, -0.1) is 0 Å². The zero-order chi connectivity index (χ0) is 20.5. The van der Waals surface area contributed by atoms with E-state index in [2.05, 4.69) is 6.07 Å². The number of esters is 1. The van der Waals surface area contributed by atoms with Crippen molar-refractivity contribution in [3.05, 3.63) is 41.0 Å². The second-order valence-electron chi connectivity index (χ2n) is 7.94. The Bertz CT molecular complexity index is 896. The normalized spacial score (nSPS) is 24.4. The highest BCUT2D eigenvalue weighted by Crippen LogP contribution is 2.44. The highest BCUT2D eigenvalue weighted by atomic mass is 16.5. The molecule has 4 rings (SSSR count). The van der Waals surface area contributed by atoms with Gasteiger partial charge in [-0.05, 0) is 55.4 Å². The van der Waals surface area contributed by atoms with Gasteiger partial charge in [-0.3, -0.25) is 0 Å². The molecule has 3 aliphatic heterocycles. The number of nitriles is 1. The highest BCUT2D eigenvalue weighted by Gasteiger charge is 2.47. The third kappa shape index (κ3) is 3.49. The van der Waals surface area contributed by atoms with Crippen molar-refractivity contribution in [2.24, 2.45) is 0 Å². The smallest absolute Gasteiger partial charge is 0.336 e. The standard InChI is InChI=1S/C22H25N3O4/c1-29-21(27)20-18(15-4-2-3-14(11-15)13-23)12-16-5-6-19(20)25(16)22(28)24-9-7-17(26)8-10-24/h2-4,11,16-17,19,26H,5-10,12H2,1H3/t16-,19+/m0/s1. The fourth-order valence-corrected chi connectivity index (χ4v) is 4.84. The number of amides is 2. The molecular weight excluding hydrogens is 370 g/mol. The number of rotatable bonds is 2. The minimum atomic E-state index is -0.417. The van der Waals surface area contributed by atoms with Crippen LogP contribution in [0.5, 0.6) is 0 Å². The van der Waals surface area contributed by atoms with Crippen LogP contribution in [0.4, 0.5) is 4.79 Å². The predicted molar refractivity (Wildman–Crippen MR) is 106 cm³/mol. The number of benzene rings is 1. The van der Waals surface area contributed by atoms with E-state index in [1.165, 1.54) is 7.11 Å². The molecule has 0 aliphatic carbocycles. The van der Waals surface area contributed by atoms with Crippen LogP contribution in [0.3, 0.4) is 0 Å². The molecule has 1 aromatic rings. The van der Waals surface area contributed by atoms with Gasteiger partial charge in [-0.25, -0.2) is 9.59 Å². The van der Waals surface area contributed by atoms with Gasteiger partial charge >= 0.3 is 12.0 Å². The lowest BCUT2D eigenvalue weighted by molar-refractivity contribution is -0.136. The van der Waals surface area contributed by atoms with Crippen LogP contribution in [0.15, 0.2) is 29.8 Å². The molecular formula is C22H25N3O4.